The number of hydrogen-bond donors (Lipinski definition) is 2. The van der Waals surface area contributed by atoms with Gasteiger partial charge in [-0.3, -0.25) is 4.55 Å². The molecule has 0 spiro atoms. The van der Waals surface area contributed by atoms with Gasteiger partial charge in [0.15, 0.2) is 9.76 Å². The third-order valence-electron chi connectivity index (χ3n) is 5.35. The van der Waals surface area contributed by atoms with Crippen molar-refractivity contribution >= 4 is 71.7 Å². The van der Waals surface area contributed by atoms with E-state index in [9.17, 15) is 22.9 Å². The van der Waals surface area contributed by atoms with Crippen molar-refractivity contribution in [1.82, 2.24) is 0 Å². The molecule has 0 saturated heterocycles. The molecule has 180 valence electrons. The van der Waals surface area contributed by atoms with Gasteiger partial charge in [0.25, 0.3) is 15.1 Å². The molecule has 1 aliphatic rings. The number of ether oxygens (including phenoxy) is 1. The van der Waals surface area contributed by atoms with Crippen molar-refractivity contribution in [2.24, 2.45) is 0 Å². The van der Waals surface area contributed by atoms with Gasteiger partial charge >= 0.3 is 5.97 Å². The number of carboxylic acids is 1. The van der Waals surface area contributed by atoms with Crippen molar-refractivity contribution in [2.75, 3.05) is 17.2 Å². The van der Waals surface area contributed by atoms with E-state index in [2.05, 4.69) is 0 Å². The summed E-state index contributed by atoms with van der Waals surface area (Å²) in [6, 6.07) is 17.0. The summed E-state index contributed by atoms with van der Waals surface area (Å²) in [5.41, 5.74) is 3.24. The summed E-state index contributed by atoms with van der Waals surface area (Å²) in [5.74, 6) is -0.666. The van der Waals surface area contributed by atoms with Crippen LogP contribution >= 0.6 is 34.3 Å². The molecule has 2 N–H and O–H groups in total. The summed E-state index contributed by atoms with van der Waals surface area (Å²) in [7, 11) is -4.23. The van der Waals surface area contributed by atoms with Gasteiger partial charge in [-0.1, -0.05) is 59.3 Å². The van der Waals surface area contributed by atoms with Crippen LogP contribution in [-0.4, -0.2) is 36.3 Å². The number of nitrogens with zero attached hydrogens (tertiary/aromatic N) is 2. The van der Waals surface area contributed by atoms with Gasteiger partial charge in [-0.2, -0.15) is 13.0 Å². The van der Waals surface area contributed by atoms with Gasteiger partial charge in [0.1, 0.15) is 4.34 Å². The van der Waals surface area contributed by atoms with E-state index in [-0.39, 0.29) is 13.1 Å². The summed E-state index contributed by atoms with van der Waals surface area (Å²) in [4.78, 5) is 13.2. The minimum absolute atomic E-state index is 0.0551. The Labute approximate surface area is 213 Å². The Morgan fingerprint density at radius 1 is 1.11 bits per heavy atom. The normalized spacial score (nSPS) is 14.5. The Kier molecular flexibility index (Phi) is 6.28. The van der Waals surface area contributed by atoms with E-state index in [0.717, 1.165) is 15.1 Å². The fourth-order valence-corrected chi connectivity index (χ4v) is 6.93. The first-order chi connectivity index (χ1) is 16.7. The molecule has 4 aromatic rings. The monoisotopic (exact) mass is 549 g/mol. The summed E-state index contributed by atoms with van der Waals surface area (Å²) in [6.45, 7) is -0.331. The number of anilines is 1. The van der Waals surface area contributed by atoms with Crippen LogP contribution in [0.25, 0.3) is 26.7 Å². The molecule has 8 nitrogen and oxygen atoms in total. The second-order valence-corrected chi connectivity index (χ2v) is 12.3. The molecule has 5 rings (SSSR count). The topological polar surface area (TPSA) is 108 Å². The molecule has 0 amide bonds. The summed E-state index contributed by atoms with van der Waals surface area (Å²) >= 11 is 8.83. The third-order valence-corrected chi connectivity index (χ3v) is 8.54. The predicted molar refractivity (Wildman–Crippen MR) is 137 cm³/mol. The second-order valence-electron chi connectivity index (χ2n) is 7.71. The maximum atomic E-state index is 11.5. The lowest BCUT2D eigenvalue weighted by atomic mass is 10.0. The number of hydrogen-bond acceptors (Lipinski definition) is 7. The van der Waals surface area contributed by atoms with Gasteiger partial charge in [-0.25, -0.2) is 4.79 Å². The standard InChI is InChI=1S/C23H17ClN2O6S3/c24-19-11-17-23(33-19)34-21(26(17)13-22(27)28)12-20-25(8-9-35(29,30)31)16-10-15(6-7-18(16)32-20)14-4-2-1-3-5-14/h1-7,10-12H,8-9,13H2,(H-,27,28,29,30,31)/p+1. The lowest BCUT2D eigenvalue weighted by Gasteiger charge is -2.17. The van der Waals surface area contributed by atoms with Gasteiger partial charge in [0.2, 0.25) is 17.9 Å². The van der Waals surface area contributed by atoms with Crippen molar-refractivity contribution in [1.29, 1.82) is 0 Å². The summed E-state index contributed by atoms with van der Waals surface area (Å²) < 4.78 is 41.5. The van der Waals surface area contributed by atoms with Gasteiger partial charge in [0, 0.05) is 12.6 Å². The highest BCUT2D eigenvalue weighted by Gasteiger charge is 2.31. The number of fused-ring (bicyclic) bond motifs is 2. The smallest absolute Gasteiger partial charge is 0.370 e. The summed E-state index contributed by atoms with van der Waals surface area (Å²) in [5, 5.41) is 10.0. The van der Waals surface area contributed by atoms with Gasteiger partial charge in [-0.15, -0.1) is 11.3 Å². The zero-order valence-corrected chi connectivity index (χ0v) is 21.1. The largest absolute Gasteiger partial charge is 0.477 e. The van der Waals surface area contributed by atoms with Crippen molar-refractivity contribution in [3.05, 3.63) is 69.8 Å². The molecule has 3 heterocycles. The van der Waals surface area contributed by atoms with Crippen LogP contribution in [0, 0.1) is 0 Å². The molecule has 35 heavy (non-hydrogen) atoms. The number of carboxylic acid groups (broad SMARTS) is 1. The van der Waals surface area contributed by atoms with Crippen LogP contribution in [0.2, 0.25) is 4.34 Å². The van der Waals surface area contributed by atoms with Gasteiger partial charge < -0.3 is 14.7 Å². The Morgan fingerprint density at radius 3 is 2.60 bits per heavy atom. The number of carbonyl (C=O) groups is 1. The van der Waals surface area contributed by atoms with Gasteiger partial charge in [0.05, 0.1) is 17.5 Å². The molecular formula is C23H18ClN2O6S3+. The maximum Gasteiger partial charge on any atom is 0.370 e. The quantitative estimate of drug-likeness (QED) is 0.253. The molecule has 0 bridgehead atoms. The first-order valence-electron chi connectivity index (χ1n) is 10.3. The molecule has 0 atom stereocenters. The average molecular weight is 550 g/mol. The van der Waals surface area contributed by atoms with Crippen LogP contribution in [0.15, 0.2) is 60.5 Å². The minimum Gasteiger partial charge on any atom is -0.477 e. The molecule has 2 aromatic carbocycles. The third kappa shape index (κ3) is 5.04. The van der Waals surface area contributed by atoms with Crippen molar-refractivity contribution < 1.29 is 32.2 Å². The number of thiophene rings is 1. The molecule has 2 aromatic heterocycles. The van der Waals surface area contributed by atoms with E-state index >= 15 is 0 Å². The van der Waals surface area contributed by atoms with E-state index < -0.39 is 21.8 Å². The molecule has 0 fully saturated rings. The molecule has 0 aliphatic carbocycles. The number of rotatable bonds is 7. The maximum absolute atomic E-state index is 11.5. The highest BCUT2D eigenvalue weighted by atomic mass is 35.5. The molecule has 0 saturated carbocycles. The van der Waals surface area contributed by atoms with E-state index in [4.69, 9.17) is 16.3 Å². The lowest BCUT2D eigenvalue weighted by molar-refractivity contribution is -0.657. The van der Waals surface area contributed by atoms with E-state index in [0.29, 0.717) is 32.2 Å². The van der Waals surface area contributed by atoms with Crippen molar-refractivity contribution in [3.63, 3.8) is 0 Å². The van der Waals surface area contributed by atoms with Crippen LogP contribution < -0.4 is 14.2 Å². The number of aromatic nitrogens is 1. The first-order valence-corrected chi connectivity index (χ1v) is 14.0. The van der Waals surface area contributed by atoms with Crippen molar-refractivity contribution in [3.8, 4) is 16.9 Å². The predicted octanol–water partition coefficient (Wildman–Crippen LogP) is 4.74. The SMILES string of the molecule is O=C(O)C[n+]1c(C=C2Oc3ccc(-c4ccccc4)cc3N2CCS(=O)(=O)O)sc2sc(Cl)cc21. The fraction of sp³-hybridized carbons (Fsp3) is 0.130. The highest BCUT2D eigenvalue weighted by Crippen LogP contribution is 2.42. The van der Waals surface area contributed by atoms with E-state index in [1.54, 1.807) is 27.7 Å². The Hall–Kier alpha value is -2.96. The average Bonchev–Trinajstić information content (AvgIpc) is 3.43. The lowest BCUT2D eigenvalue weighted by Crippen LogP contribution is -2.39. The van der Waals surface area contributed by atoms with Crippen LogP contribution in [0.4, 0.5) is 5.69 Å². The number of halogens is 1. The number of thiazole rings is 1. The molecule has 0 unspecified atom stereocenters. The molecule has 1 aliphatic heterocycles. The van der Waals surface area contributed by atoms with Crippen LogP contribution in [0.5, 0.6) is 5.75 Å². The Balaban J connectivity index is 1.59. The van der Waals surface area contributed by atoms with Gasteiger partial charge in [-0.05, 0) is 23.3 Å². The Bertz CT molecular complexity index is 1580. The Morgan fingerprint density at radius 2 is 1.89 bits per heavy atom. The van der Waals surface area contributed by atoms with Crippen LogP contribution in [0.3, 0.4) is 0 Å². The minimum atomic E-state index is -4.23. The van der Waals surface area contributed by atoms with E-state index in [1.807, 2.05) is 42.5 Å². The number of benzene rings is 2. The summed E-state index contributed by atoms with van der Waals surface area (Å²) in [6.07, 6.45) is 1.68. The van der Waals surface area contributed by atoms with E-state index in [1.165, 1.54) is 22.7 Å². The second kappa shape index (κ2) is 9.25. The zero-order chi connectivity index (χ0) is 24.7. The zero-order valence-electron chi connectivity index (χ0n) is 17.9. The highest BCUT2D eigenvalue weighted by molar-refractivity contribution is 7.85. The van der Waals surface area contributed by atoms with Crippen LogP contribution in [0.1, 0.15) is 5.01 Å². The first kappa shape index (κ1) is 23.8. The molecule has 0 radical (unpaired) electrons. The number of aliphatic carboxylic acids is 1. The molecular weight excluding hydrogens is 532 g/mol. The van der Waals surface area contributed by atoms with Crippen molar-refractivity contribution in [2.45, 2.75) is 6.54 Å². The fourth-order valence-electron chi connectivity index (χ4n) is 3.83. The molecule has 12 heteroatoms. The van der Waals surface area contributed by atoms with Crippen LogP contribution in [-0.2, 0) is 21.5 Å².